The first kappa shape index (κ1) is 21.9. The largest absolute Gasteiger partial charge is 0.379 e. The second-order valence-corrected chi connectivity index (χ2v) is 7.90. The molecule has 148 valence electrons. The number of thiophene rings is 1. The smallest absolute Gasteiger partial charge is 0.191 e. The Kier molecular flexibility index (Phi) is 9.62. The minimum atomic E-state index is 0. The van der Waals surface area contributed by atoms with Gasteiger partial charge in [-0.25, -0.2) is 0 Å². The standard InChI is InChI=1S/C18H30N4O2S.HI/c1-14-5-6-17(25-14)16(22-7-10-23-11-8-22)13-21-18(19-2)20-12-15-4-3-9-24-15;/h5-6,15-16H,3-4,7-13H2,1-2H3,(H2,19,20,21);1H. The van der Waals surface area contributed by atoms with E-state index in [1.807, 2.05) is 18.4 Å². The van der Waals surface area contributed by atoms with E-state index in [-0.39, 0.29) is 24.0 Å². The maximum atomic E-state index is 5.67. The Morgan fingerprint density at radius 3 is 2.73 bits per heavy atom. The molecule has 2 saturated heterocycles. The van der Waals surface area contributed by atoms with Crippen molar-refractivity contribution in [3.8, 4) is 0 Å². The average Bonchev–Trinajstić information content (AvgIpc) is 3.30. The molecule has 2 aliphatic rings. The molecule has 0 aromatic carbocycles. The minimum absolute atomic E-state index is 0. The highest BCUT2D eigenvalue weighted by Gasteiger charge is 2.24. The molecule has 6 nitrogen and oxygen atoms in total. The summed E-state index contributed by atoms with van der Waals surface area (Å²) in [7, 11) is 1.82. The molecule has 3 heterocycles. The van der Waals surface area contributed by atoms with E-state index in [0.29, 0.717) is 12.1 Å². The topological polar surface area (TPSA) is 58.1 Å². The number of aliphatic imine (C=N–C) groups is 1. The molecule has 0 amide bonds. The molecule has 1 aromatic heterocycles. The second kappa shape index (κ2) is 11.4. The van der Waals surface area contributed by atoms with Crippen LogP contribution in [0.15, 0.2) is 17.1 Å². The van der Waals surface area contributed by atoms with Gasteiger partial charge in [0.15, 0.2) is 5.96 Å². The van der Waals surface area contributed by atoms with Crippen molar-refractivity contribution < 1.29 is 9.47 Å². The number of hydrogen-bond acceptors (Lipinski definition) is 5. The summed E-state index contributed by atoms with van der Waals surface area (Å²) in [6.07, 6.45) is 2.61. The van der Waals surface area contributed by atoms with Crippen molar-refractivity contribution in [1.82, 2.24) is 15.5 Å². The molecule has 2 unspecified atom stereocenters. The van der Waals surface area contributed by atoms with E-state index in [4.69, 9.17) is 9.47 Å². The lowest BCUT2D eigenvalue weighted by molar-refractivity contribution is 0.0177. The predicted octanol–water partition coefficient (Wildman–Crippen LogP) is 2.39. The minimum Gasteiger partial charge on any atom is -0.379 e. The SMILES string of the molecule is CN=C(NCC1CCCO1)NCC(c1ccc(C)s1)N1CCOCC1.I. The Balaban J connectivity index is 0.00000243. The Hall–Kier alpha value is -0.420. The Morgan fingerprint density at radius 1 is 1.31 bits per heavy atom. The monoisotopic (exact) mass is 494 g/mol. The number of ether oxygens (including phenoxy) is 2. The Morgan fingerprint density at radius 2 is 2.12 bits per heavy atom. The summed E-state index contributed by atoms with van der Waals surface area (Å²) >= 11 is 1.88. The molecule has 0 bridgehead atoms. The molecule has 2 atom stereocenters. The van der Waals surface area contributed by atoms with Gasteiger partial charge in [-0.1, -0.05) is 0 Å². The maximum Gasteiger partial charge on any atom is 0.191 e. The van der Waals surface area contributed by atoms with E-state index >= 15 is 0 Å². The lowest BCUT2D eigenvalue weighted by Crippen LogP contribution is -2.47. The summed E-state index contributed by atoms with van der Waals surface area (Å²) in [4.78, 5) is 9.63. The summed E-state index contributed by atoms with van der Waals surface area (Å²) in [6, 6.07) is 4.81. The average molecular weight is 494 g/mol. The van der Waals surface area contributed by atoms with Gasteiger partial charge in [0.2, 0.25) is 0 Å². The Labute approximate surface area is 177 Å². The van der Waals surface area contributed by atoms with Crippen LogP contribution < -0.4 is 10.6 Å². The molecule has 0 aliphatic carbocycles. The van der Waals surface area contributed by atoms with Gasteiger partial charge < -0.3 is 20.1 Å². The molecular formula is C18H31IN4O2S. The molecule has 3 rings (SSSR count). The van der Waals surface area contributed by atoms with Crippen LogP contribution in [0.3, 0.4) is 0 Å². The van der Waals surface area contributed by atoms with Crippen molar-refractivity contribution in [2.75, 3.05) is 53.0 Å². The van der Waals surface area contributed by atoms with Gasteiger partial charge in [-0.2, -0.15) is 0 Å². The quantitative estimate of drug-likeness (QED) is 0.362. The first-order chi connectivity index (χ1) is 12.3. The lowest BCUT2D eigenvalue weighted by atomic mass is 10.2. The van der Waals surface area contributed by atoms with E-state index in [1.54, 1.807) is 0 Å². The number of morpholine rings is 1. The van der Waals surface area contributed by atoms with E-state index in [0.717, 1.165) is 64.8 Å². The highest BCUT2D eigenvalue weighted by molar-refractivity contribution is 14.0. The number of rotatable bonds is 6. The summed E-state index contributed by atoms with van der Waals surface area (Å²) in [5.74, 6) is 0.849. The van der Waals surface area contributed by atoms with Crippen LogP contribution in [0.2, 0.25) is 0 Å². The molecule has 0 spiro atoms. The maximum absolute atomic E-state index is 5.67. The summed E-state index contributed by atoms with van der Waals surface area (Å²) in [6.45, 7) is 8.29. The van der Waals surface area contributed by atoms with E-state index < -0.39 is 0 Å². The number of aryl methyl sites for hydroxylation is 1. The lowest BCUT2D eigenvalue weighted by Gasteiger charge is -2.34. The first-order valence-electron chi connectivity index (χ1n) is 9.20. The van der Waals surface area contributed by atoms with Gasteiger partial charge in [0.05, 0.1) is 25.4 Å². The Bertz CT molecular complexity index is 557. The van der Waals surface area contributed by atoms with Gasteiger partial charge in [-0.3, -0.25) is 9.89 Å². The zero-order valence-corrected chi connectivity index (χ0v) is 18.8. The van der Waals surface area contributed by atoms with Crippen molar-refractivity contribution >= 4 is 41.3 Å². The molecular weight excluding hydrogens is 463 g/mol. The van der Waals surface area contributed by atoms with Gasteiger partial charge >= 0.3 is 0 Å². The third-order valence-corrected chi connectivity index (χ3v) is 5.89. The summed E-state index contributed by atoms with van der Waals surface area (Å²) in [5, 5.41) is 6.91. The zero-order valence-electron chi connectivity index (χ0n) is 15.7. The number of guanidine groups is 1. The van der Waals surface area contributed by atoms with Crippen LogP contribution in [0.5, 0.6) is 0 Å². The van der Waals surface area contributed by atoms with E-state index in [1.165, 1.54) is 9.75 Å². The fourth-order valence-electron chi connectivity index (χ4n) is 3.36. The van der Waals surface area contributed by atoms with Crippen LogP contribution in [-0.2, 0) is 9.47 Å². The van der Waals surface area contributed by atoms with Crippen LogP contribution in [0, 0.1) is 6.92 Å². The van der Waals surface area contributed by atoms with E-state index in [9.17, 15) is 0 Å². The molecule has 2 aliphatic heterocycles. The summed E-state index contributed by atoms with van der Waals surface area (Å²) in [5.41, 5.74) is 0. The molecule has 2 N–H and O–H groups in total. The van der Waals surface area contributed by atoms with Gasteiger partial charge in [0, 0.05) is 49.6 Å². The molecule has 8 heteroatoms. The van der Waals surface area contributed by atoms with Crippen molar-refractivity contribution in [2.45, 2.75) is 31.9 Å². The number of nitrogens with zero attached hydrogens (tertiary/aromatic N) is 2. The third kappa shape index (κ3) is 6.33. The van der Waals surface area contributed by atoms with Gasteiger partial charge in [0.1, 0.15) is 0 Å². The highest BCUT2D eigenvalue weighted by atomic mass is 127. The molecule has 26 heavy (non-hydrogen) atoms. The van der Waals surface area contributed by atoms with Crippen molar-refractivity contribution in [3.05, 3.63) is 21.9 Å². The number of hydrogen-bond donors (Lipinski definition) is 2. The zero-order chi connectivity index (χ0) is 17.5. The number of halogens is 1. The van der Waals surface area contributed by atoms with Crippen molar-refractivity contribution in [1.29, 1.82) is 0 Å². The van der Waals surface area contributed by atoms with Crippen molar-refractivity contribution in [3.63, 3.8) is 0 Å². The predicted molar refractivity (Wildman–Crippen MR) is 118 cm³/mol. The van der Waals surface area contributed by atoms with Crippen LogP contribution in [0.1, 0.15) is 28.6 Å². The van der Waals surface area contributed by atoms with Gasteiger partial charge in [0.25, 0.3) is 0 Å². The molecule has 0 radical (unpaired) electrons. The fourth-order valence-corrected chi connectivity index (χ4v) is 4.37. The first-order valence-corrected chi connectivity index (χ1v) is 10.0. The molecule has 1 aromatic rings. The fraction of sp³-hybridized carbons (Fsp3) is 0.722. The second-order valence-electron chi connectivity index (χ2n) is 6.58. The highest BCUT2D eigenvalue weighted by Crippen LogP contribution is 2.27. The molecule has 0 saturated carbocycles. The van der Waals surface area contributed by atoms with Crippen LogP contribution in [-0.4, -0.2) is 70.0 Å². The van der Waals surface area contributed by atoms with Crippen molar-refractivity contribution in [2.24, 2.45) is 4.99 Å². The summed E-state index contributed by atoms with van der Waals surface area (Å²) < 4.78 is 11.2. The third-order valence-electron chi connectivity index (χ3n) is 4.78. The van der Waals surface area contributed by atoms with Gasteiger partial charge in [-0.15, -0.1) is 35.3 Å². The van der Waals surface area contributed by atoms with Crippen LogP contribution in [0.25, 0.3) is 0 Å². The van der Waals surface area contributed by atoms with E-state index in [2.05, 4.69) is 39.6 Å². The van der Waals surface area contributed by atoms with Crippen LogP contribution in [0.4, 0.5) is 0 Å². The van der Waals surface area contributed by atoms with Gasteiger partial charge in [-0.05, 0) is 31.9 Å². The number of nitrogens with one attached hydrogen (secondary N) is 2. The normalized spacial score (nSPS) is 22.7. The molecule has 2 fully saturated rings. The van der Waals surface area contributed by atoms with Crippen LogP contribution >= 0.6 is 35.3 Å².